The maximum absolute atomic E-state index is 11.2. The molecule has 1 aliphatic heterocycles. The van der Waals surface area contributed by atoms with Crippen molar-refractivity contribution in [2.75, 3.05) is 13.1 Å². The summed E-state index contributed by atoms with van der Waals surface area (Å²) in [6, 6.07) is 0.247. The van der Waals surface area contributed by atoms with Crippen LogP contribution in [-0.2, 0) is 4.79 Å². The molecule has 1 saturated heterocycles. The smallest absolute Gasteiger partial charge is 0.146 e. The molecule has 1 unspecified atom stereocenters. The van der Waals surface area contributed by atoms with Crippen LogP contribution in [0.15, 0.2) is 0 Å². The largest absolute Gasteiger partial charge is 0.298 e. The monoisotopic (exact) mass is 183 g/mol. The van der Waals surface area contributed by atoms with Gasteiger partial charge in [0.05, 0.1) is 6.04 Å². The van der Waals surface area contributed by atoms with E-state index in [1.54, 1.807) is 6.92 Å². The van der Waals surface area contributed by atoms with Crippen LogP contribution in [-0.4, -0.2) is 29.8 Å². The highest BCUT2D eigenvalue weighted by Crippen LogP contribution is 2.18. The fourth-order valence-corrected chi connectivity index (χ4v) is 2.12. The fraction of sp³-hybridized carbons (Fsp3) is 0.909. The Hall–Kier alpha value is -0.370. The normalized spacial score (nSPS) is 23.7. The molecule has 13 heavy (non-hydrogen) atoms. The molecule has 0 aliphatic carbocycles. The van der Waals surface area contributed by atoms with Gasteiger partial charge in [-0.05, 0) is 39.3 Å². The van der Waals surface area contributed by atoms with E-state index in [4.69, 9.17) is 0 Å². The van der Waals surface area contributed by atoms with Crippen molar-refractivity contribution >= 4 is 5.78 Å². The molecule has 0 saturated carbocycles. The van der Waals surface area contributed by atoms with Gasteiger partial charge >= 0.3 is 0 Å². The van der Waals surface area contributed by atoms with E-state index in [1.165, 1.54) is 25.7 Å². The average Bonchev–Trinajstić information content (AvgIpc) is 2.53. The Morgan fingerprint density at radius 2 is 2.23 bits per heavy atom. The van der Waals surface area contributed by atoms with Gasteiger partial charge in [-0.2, -0.15) is 0 Å². The molecule has 0 aromatic rings. The predicted octanol–water partition coefficient (Wildman–Crippen LogP) is 2.23. The van der Waals surface area contributed by atoms with Gasteiger partial charge in [0, 0.05) is 0 Å². The lowest BCUT2D eigenvalue weighted by molar-refractivity contribution is -0.121. The minimum absolute atomic E-state index is 0.247. The minimum Gasteiger partial charge on any atom is -0.298 e. The number of carbonyl (C=O) groups excluding carboxylic acids is 1. The molecular weight excluding hydrogens is 162 g/mol. The van der Waals surface area contributed by atoms with Crippen molar-refractivity contribution in [2.24, 2.45) is 0 Å². The number of hydrogen-bond acceptors (Lipinski definition) is 2. The summed E-state index contributed by atoms with van der Waals surface area (Å²) >= 11 is 0. The molecule has 1 fully saturated rings. The van der Waals surface area contributed by atoms with E-state index < -0.39 is 0 Å². The zero-order valence-corrected chi connectivity index (χ0v) is 8.88. The summed E-state index contributed by atoms with van der Waals surface area (Å²) in [5.74, 6) is 0.356. The number of Topliss-reactive ketones (excluding diaryl/α,β-unsaturated/α-hetero) is 1. The van der Waals surface area contributed by atoms with E-state index in [0.29, 0.717) is 5.78 Å². The summed E-state index contributed by atoms with van der Waals surface area (Å²) in [6.07, 6.45) is 6.10. The second-order valence-electron chi connectivity index (χ2n) is 4.01. The van der Waals surface area contributed by atoms with Gasteiger partial charge in [0.2, 0.25) is 0 Å². The second kappa shape index (κ2) is 5.38. The Bertz CT molecular complexity index is 167. The van der Waals surface area contributed by atoms with Gasteiger partial charge in [0.15, 0.2) is 0 Å². The van der Waals surface area contributed by atoms with Crippen LogP contribution >= 0.6 is 0 Å². The number of likely N-dealkylation sites (tertiary alicyclic amines) is 1. The van der Waals surface area contributed by atoms with E-state index in [1.807, 2.05) is 0 Å². The zero-order valence-electron chi connectivity index (χ0n) is 8.88. The number of unbranched alkanes of at least 4 members (excludes halogenated alkanes) is 2. The summed E-state index contributed by atoms with van der Waals surface area (Å²) in [6.45, 7) is 6.20. The Morgan fingerprint density at radius 3 is 2.85 bits per heavy atom. The van der Waals surface area contributed by atoms with E-state index in [0.717, 1.165) is 19.5 Å². The van der Waals surface area contributed by atoms with Crippen molar-refractivity contribution in [1.82, 2.24) is 4.90 Å². The van der Waals surface area contributed by atoms with Gasteiger partial charge in [0.1, 0.15) is 5.78 Å². The summed E-state index contributed by atoms with van der Waals surface area (Å²) in [7, 11) is 0. The van der Waals surface area contributed by atoms with Crippen LogP contribution in [0.25, 0.3) is 0 Å². The Kier molecular flexibility index (Phi) is 4.43. The fourth-order valence-electron chi connectivity index (χ4n) is 2.12. The van der Waals surface area contributed by atoms with Crippen molar-refractivity contribution in [3.63, 3.8) is 0 Å². The molecule has 1 heterocycles. The molecule has 2 nitrogen and oxygen atoms in total. The van der Waals surface area contributed by atoms with Crippen LogP contribution in [0.3, 0.4) is 0 Å². The van der Waals surface area contributed by atoms with Gasteiger partial charge in [-0.15, -0.1) is 0 Å². The molecule has 1 rings (SSSR count). The molecular formula is C11H21NO. The van der Waals surface area contributed by atoms with Crippen molar-refractivity contribution in [1.29, 1.82) is 0 Å². The highest BCUT2D eigenvalue weighted by atomic mass is 16.1. The van der Waals surface area contributed by atoms with E-state index in [9.17, 15) is 4.79 Å². The van der Waals surface area contributed by atoms with Crippen LogP contribution < -0.4 is 0 Å². The van der Waals surface area contributed by atoms with Crippen molar-refractivity contribution < 1.29 is 4.79 Å². The Balaban J connectivity index is 2.27. The molecule has 0 amide bonds. The van der Waals surface area contributed by atoms with Crippen molar-refractivity contribution in [3.05, 3.63) is 0 Å². The van der Waals surface area contributed by atoms with E-state index in [-0.39, 0.29) is 6.04 Å². The maximum atomic E-state index is 11.2. The highest BCUT2D eigenvalue weighted by Gasteiger charge is 2.26. The maximum Gasteiger partial charge on any atom is 0.146 e. The zero-order chi connectivity index (χ0) is 9.68. The van der Waals surface area contributed by atoms with Crippen LogP contribution in [0.2, 0.25) is 0 Å². The number of nitrogens with zero attached hydrogens (tertiary/aromatic N) is 1. The first-order valence-electron chi connectivity index (χ1n) is 5.50. The topological polar surface area (TPSA) is 20.3 Å². The Labute approximate surface area is 81.3 Å². The number of carbonyl (C=O) groups is 1. The number of ketones is 1. The molecule has 76 valence electrons. The average molecular weight is 183 g/mol. The first kappa shape index (κ1) is 10.7. The quantitative estimate of drug-likeness (QED) is 0.609. The van der Waals surface area contributed by atoms with Crippen LogP contribution in [0.1, 0.15) is 46.0 Å². The van der Waals surface area contributed by atoms with E-state index in [2.05, 4.69) is 11.8 Å². The van der Waals surface area contributed by atoms with Crippen LogP contribution in [0.5, 0.6) is 0 Å². The molecule has 1 atom stereocenters. The third kappa shape index (κ3) is 3.11. The first-order chi connectivity index (χ1) is 6.25. The molecule has 0 spiro atoms. The molecule has 0 aromatic heterocycles. The highest BCUT2D eigenvalue weighted by molar-refractivity contribution is 5.81. The molecule has 2 heteroatoms. The third-order valence-corrected chi connectivity index (χ3v) is 2.88. The lowest BCUT2D eigenvalue weighted by atomic mass is 10.1. The molecule has 0 aromatic carbocycles. The summed E-state index contributed by atoms with van der Waals surface area (Å²) in [5.41, 5.74) is 0. The second-order valence-corrected chi connectivity index (χ2v) is 4.01. The SMILES string of the molecule is CCCCCN1CCCC1C(C)=O. The molecule has 0 radical (unpaired) electrons. The summed E-state index contributed by atoms with van der Waals surface area (Å²) < 4.78 is 0. The number of rotatable bonds is 5. The molecule has 1 aliphatic rings. The van der Waals surface area contributed by atoms with Crippen LogP contribution in [0, 0.1) is 0 Å². The lowest BCUT2D eigenvalue weighted by Crippen LogP contribution is -2.35. The van der Waals surface area contributed by atoms with Gasteiger partial charge in [-0.3, -0.25) is 9.69 Å². The number of hydrogen-bond donors (Lipinski definition) is 0. The minimum atomic E-state index is 0.247. The standard InChI is InChI=1S/C11H21NO/c1-3-4-5-8-12-9-6-7-11(12)10(2)13/h11H,3-9H2,1-2H3. The summed E-state index contributed by atoms with van der Waals surface area (Å²) in [5, 5.41) is 0. The van der Waals surface area contributed by atoms with Gasteiger partial charge in [0.25, 0.3) is 0 Å². The summed E-state index contributed by atoms with van der Waals surface area (Å²) in [4.78, 5) is 13.6. The predicted molar refractivity (Wildman–Crippen MR) is 54.8 cm³/mol. The van der Waals surface area contributed by atoms with Gasteiger partial charge in [-0.25, -0.2) is 0 Å². The van der Waals surface area contributed by atoms with Gasteiger partial charge in [-0.1, -0.05) is 19.8 Å². The van der Waals surface area contributed by atoms with E-state index >= 15 is 0 Å². The molecule has 0 N–H and O–H groups in total. The lowest BCUT2D eigenvalue weighted by Gasteiger charge is -2.21. The van der Waals surface area contributed by atoms with Crippen molar-refractivity contribution in [3.8, 4) is 0 Å². The van der Waals surface area contributed by atoms with Gasteiger partial charge < -0.3 is 0 Å². The Morgan fingerprint density at radius 1 is 1.46 bits per heavy atom. The first-order valence-corrected chi connectivity index (χ1v) is 5.50. The third-order valence-electron chi connectivity index (χ3n) is 2.88. The molecule has 0 bridgehead atoms. The van der Waals surface area contributed by atoms with Crippen molar-refractivity contribution in [2.45, 2.75) is 52.0 Å². The van der Waals surface area contributed by atoms with Crippen LogP contribution in [0.4, 0.5) is 0 Å².